The number of hydrogen-bond donors (Lipinski definition) is 1. The Kier molecular flexibility index (Phi) is 4.66. The molecule has 1 N–H and O–H groups in total. The first kappa shape index (κ1) is 15.1. The molecule has 1 fully saturated rings. The third-order valence-corrected chi connectivity index (χ3v) is 5.60. The van der Waals surface area contributed by atoms with Crippen molar-refractivity contribution in [3.63, 3.8) is 0 Å². The number of benzene rings is 1. The number of fused-ring (bicyclic) bond motifs is 1. The average Bonchev–Trinajstić information content (AvgIpc) is 2.50. The quantitative estimate of drug-likeness (QED) is 0.852. The predicted octanol–water partition coefficient (Wildman–Crippen LogP) is 4.04. The van der Waals surface area contributed by atoms with E-state index in [1.165, 1.54) is 44.9 Å². The normalized spacial score (nSPS) is 25.0. The Morgan fingerprint density at radius 2 is 2.00 bits per heavy atom. The Bertz CT molecular complexity index is 459. The fourth-order valence-electron chi connectivity index (χ4n) is 4.48. The molecule has 3 rings (SSSR count). The molecule has 1 aromatic carbocycles. The van der Waals surface area contributed by atoms with Gasteiger partial charge < -0.3 is 10.1 Å². The number of ether oxygens (including phenoxy) is 1. The van der Waals surface area contributed by atoms with E-state index in [0.717, 1.165) is 12.5 Å². The number of rotatable bonds is 6. The van der Waals surface area contributed by atoms with Crippen molar-refractivity contribution in [2.24, 2.45) is 0 Å². The molecule has 0 saturated heterocycles. The van der Waals surface area contributed by atoms with Gasteiger partial charge in [0.2, 0.25) is 0 Å². The summed E-state index contributed by atoms with van der Waals surface area (Å²) in [7, 11) is 2.12. The Morgan fingerprint density at radius 3 is 2.67 bits per heavy atom. The summed E-state index contributed by atoms with van der Waals surface area (Å²) in [6, 6.07) is 9.41. The van der Waals surface area contributed by atoms with Gasteiger partial charge in [-0.05, 0) is 56.7 Å². The molecule has 0 amide bonds. The van der Waals surface area contributed by atoms with Crippen LogP contribution >= 0.6 is 0 Å². The summed E-state index contributed by atoms with van der Waals surface area (Å²) in [4.78, 5) is 0. The Morgan fingerprint density at radius 1 is 1.24 bits per heavy atom. The van der Waals surface area contributed by atoms with Crippen molar-refractivity contribution in [2.75, 3.05) is 13.7 Å². The smallest absolute Gasteiger partial charge is 0.0834 e. The lowest BCUT2D eigenvalue weighted by molar-refractivity contribution is -0.0916. The molecule has 0 spiro atoms. The highest BCUT2D eigenvalue weighted by atomic mass is 16.5. The van der Waals surface area contributed by atoms with E-state index in [4.69, 9.17) is 4.74 Å². The van der Waals surface area contributed by atoms with Gasteiger partial charge >= 0.3 is 0 Å². The molecule has 21 heavy (non-hydrogen) atoms. The van der Waals surface area contributed by atoms with Crippen molar-refractivity contribution in [3.05, 3.63) is 35.4 Å². The van der Waals surface area contributed by atoms with E-state index in [1.54, 1.807) is 11.1 Å². The second kappa shape index (κ2) is 6.50. The van der Waals surface area contributed by atoms with Gasteiger partial charge in [-0.25, -0.2) is 0 Å². The van der Waals surface area contributed by atoms with Crippen LogP contribution in [-0.4, -0.2) is 25.3 Å². The van der Waals surface area contributed by atoms with Gasteiger partial charge in [-0.1, -0.05) is 43.5 Å². The van der Waals surface area contributed by atoms with Gasteiger partial charge in [0.25, 0.3) is 0 Å². The number of nitrogens with one attached hydrogen (secondary N) is 1. The zero-order chi connectivity index (χ0) is 14.7. The van der Waals surface area contributed by atoms with Crippen molar-refractivity contribution in [2.45, 2.75) is 69.4 Å². The highest BCUT2D eigenvalue weighted by molar-refractivity contribution is 5.40. The van der Waals surface area contributed by atoms with Crippen LogP contribution in [0.3, 0.4) is 0 Å². The fraction of sp³-hybridized carbons (Fsp3) is 0.684. The maximum atomic E-state index is 6.32. The maximum Gasteiger partial charge on any atom is 0.0834 e. The van der Waals surface area contributed by atoms with Crippen LogP contribution in [0.25, 0.3) is 0 Å². The van der Waals surface area contributed by atoms with Crippen molar-refractivity contribution < 1.29 is 4.74 Å². The standard InChI is InChI=1S/C19H29NO/c1-3-21-19(11-7-4-8-12-19)18(20-2)14-16-13-15-9-5-6-10-17(15)16/h5-6,9-10,16,18,20H,3-4,7-8,11-14H2,1-2H3. The molecule has 0 bridgehead atoms. The fourth-order valence-corrected chi connectivity index (χ4v) is 4.48. The summed E-state index contributed by atoms with van der Waals surface area (Å²) < 4.78 is 6.32. The van der Waals surface area contributed by atoms with Crippen molar-refractivity contribution >= 4 is 0 Å². The summed E-state index contributed by atoms with van der Waals surface area (Å²) in [5, 5.41) is 3.60. The van der Waals surface area contributed by atoms with E-state index in [1.807, 2.05) is 0 Å². The molecule has 2 aliphatic rings. The van der Waals surface area contributed by atoms with Crippen molar-refractivity contribution in [1.29, 1.82) is 0 Å². The molecule has 2 atom stereocenters. The summed E-state index contributed by atoms with van der Waals surface area (Å²) in [5.41, 5.74) is 3.19. The topological polar surface area (TPSA) is 21.3 Å². The molecular formula is C19H29NO. The van der Waals surface area contributed by atoms with Crippen LogP contribution in [0, 0.1) is 0 Å². The molecule has 2 heteroatoms. The average molecular weight is 287 g/mol. The monoisotopic (exact) mass is 287 g/mol. The van der Waals surface area contributed by atoms with E-state index in [9.17, 15) is 0 Å². The largest absolute Gasteiger partial charge is 0.374 e. The Labute approximate surface area is 129 Å². The highest BCUT2D eigenvalue weighted by Gasteiger charge is 2.42. The van der Waals surface area contributed by atoms with E-state index in [-0.39, 0.29) is 5.60 Å². The van der Waals surface area contributed by atoms with Crippen molar-refractivity contribution in [3.8, 4) is 0 Å². The molecule has 1 aromatic rings. The minimum absolute atomic E-state index is 0.0757. The van der Waals surface area contributed by atoms with Gasteiger partial charge in [-0.3, -0.25) is 0 Å². The summed E-state index contributed by atoms with van der Waals surface area (Å²) in [6.45, 7) is 2.97. The minimum atomic E-state index is 0.0757. The first-order valence-corrected chi connectivity index (χ1v) is 8.68. The third kappa shape index (κ3) is 2.89. The van der Waals surface area contributed by atoms with Crippen LogP contribution < -0.4 is 5.32 Å². The molecular weight excluding hydrogens is 258 g/mol. The third-order valence-electron chi connectivity index (χ3n) is 5.60. The van der Waals surface area contributed by atoms with E-state index >= 15 is 0 Å². The molecule has 0 aliphatic heterocycles. The van der Waals surface area contributed by atoms with E-state index in [2.05, 4.69) is 43.6 Å². The molecule has 0 radical (unpaired) electrons. The van der Waals surface area contributed by atoms with Crippen molar-refractivity contribution in [1.82, 2.24) is 5.32 Å². The predicted molar refractivity (Wildman–Crippen MR) is 87.8 cm³/mol. The van der Waals surface area contributed by atoms with E-state index < -0.39 is 0 Å². The molecule has 0 aromatic heterocycles. The molecule has 2 unspecified atom stereocenters. The molecule has 0 heterocycles. The van der Waals surface area contributed by atoms with Gasteiger partial charge in [0, 0.05) is 12.6 Å². The van der Waals surface area contributed by atoms with Crippen LogP contribution in [0.2, 0.25) is 0 Å². The number of hydrogen-bond acceptors (Lipinski definition) is 2. The van der Waals surface area contributed by atoms with Gasteiger partial charge in [0.15, 0.2) is 0 Å². The Balaban J connectivity index is 1.72. The lowest BCUT2D eigenvalue weighted by Gasteiger charge is -2.45. The van der Waals surface area contributed by atoms with Gasteiger partial charge in [-0.2, -0.15) is 0 Å². The van der Waals surface area contributed by atoms with E-state index in [0.29, 0.717) is 6.04 Å². The van der Waals surface area contributed by atoms with Gasteiger partial charge in [-0.15, -0.1) is 0 Å². The molecule has 1 saturated carbocycles. The van der Waals surface area contributed by atoms with Crippen LogP contribution in [0.15, 0.2) is 24.3 Å². The van der Waals surface area contributed by atoms with Crippen LogP contribution in [0.4, 0.5) is 0 Å². The maximum absolute atomic E-state index is 6.32. The molecule has 2 aliphatic carbocycles. The molecule has 116 valence electrons. The summed E-state index contributed by atoms with van der Waals surface area (Å²) >= 11 is 0. The zero-order valence-electron chi connectivity index (χ0n) is 13.5. The summed E-state index contributed by atoms with van der Waals surface area (Å²) in [6.07, 6.45) is 8.92. The highest BCUT2D eigenvalue weighted by Crippen LogP contribution is 2.43. The molecule has 2 nitrogen and oxygen atoms in total. The summed E-state index contributed by atoms with van der Waals surface area (Å²) in [5.74, 6) is 0.720. The number of likely N-dealkylation sites (N-methyl/N-ethyl adjacent to an activating group) is 1. The van der Waals surface area contributed by atoms with Crippen LogP contribution in [-0.2, 0) is 11.2 Å². The van der Waals surface area contributed by atoms with Crippen LogP contribution in [0.1, 0.15) is 62.5 Å². The lowest BCUT2D eigenvalue weighted by Crippen LogP contribution is -2.53. The zero-order valence-corrected chi connectivity index (χ0v) is 13.5. The first-order chi connectivity index (χ1) is 10.3. The second-order valence-electron chi connectivity index (χ2n) is 6.74. The second-order valence-corrected chi connectivity index (χ2v) is 6.74. The first-order valence-electron chi connectivity index (χ1n) is 8.68. The SMILES string of the molecule is CCOC1(C(CC2Cc3ccccc32)NC)CCCCC1. The lowest BCUT2D eigenvalue weighted by atomic mass is 9.69. The van der Waals surface area contributed by atoms with Crippen LogP contribution in [0.5, 0.6) is 0 Å². The van der Waals surface area contributed by atoms with Gasteiger partial charge in [0.1, 0.15) is 0 Å². The van der Waals surface area contributed by atoms with Gasteiger partial charge in [0.05, 0.1) is 5.60 Å². The minimum Gasteiger partial charge on any atom is -0.374 e. The Hall–Kier alpha value is -0.860.